The van der Waals surface area contributed by atoms with Gasteiger partial charge in [-0.05, 0) is 18.9 Å². The van der Waals surface area contributed by atoms with Crippen LogP contribution >= 0.6 is 11.6 Å². The number of allylic oxidation sites excluding steroid dienone is 3. The van der Waals surface area contributed by atoms with Gasteiger partial charge in [-0.25, -0.2) is 4.21 Å². The van der Waals surface area contributed by atoms with E-state index in [1.54, 1.807) is 5.41 Å². The normalized spacial score (nSPS) is 23.3. The van der Waals surface area contributed by atoms with Gasteiger partial charge in [-0.15, -0.1) is 0 Å². The van der Waals surface area contributed by atoms with Crippen molar-refractivity contribution in [2.45, 2.75) is 26.2 Å². The quantitative estimate of drug-likeness (QED) is 0.669. The lowest BCUT2D eigenvalue weighted by molar-refractivity contribution is 0.689. The summed E-state index contributed by atoms with van der Waals surface area (Å²) in [7, 11) is -0.925. The summed E-state index contributed by atoms with van der Waals surface area (Å²) in [6.07, 6.45) is 4.95. The van der Waals surface area contributed by atoms with Crippen LogP contribution in [0.25, 0.3) is 0 Å². The average Bonchev–Trinajstić information content (AvgIpc) is 2.26. The van der Waals surface area contributed by atoms with Gasteiger partial charge in [0.15, 0.2) is 0 Å². The third-order valence-corrected chi connectivity index (χ3v) is 3.21. The Morgan fingerprint density at radius 1 is 1.64 bits per heavy atom. The molecule has 1 aliphatic heterocycles. The Labute approximate surface area is 74.6 Å². The van der Waals surface area contributed by atoms with Crippen molar-refractivity contribution in [3.8, 4) is 0 Å². The molecule has 62 valence electrons. The minimum absolute atomic E-state index is 0.620. The molecule has 1 aliphatic rings. The summed E-state index contributed by atoms with van der Waals surface area (Å²) in [5.41, 5.74) is 0. The molecule has 1 heterocycles. The van der Waals surface area contributed by atoms with Crippen LogP contribution in [0.1, 0.15) is 26.2 Å². The Hall–Kier alpha value is -0.0800. The van der Waals surface area contributed by atoms with Crippen LogP contribution in [0.3, 0.4) is 0 Å². The van der Waals surface area contributed by atoms with Gasteiger partial charge in [0, 0.05) is 10.3 Å². The monoisotopic (exact) mass is 190 g/mol. The molecule has 1 nitrogen and oxygen atoms in total. The van der Waals surface area contributed by atoms with Crippen molar-refractivity contribution in [1.82, 2.24) is 0 Å². The van der Waals surface area contributed by atoms with E-state index in [0.717, 1.165) is 24.2 Å². The Balaban J connectivity index is 2.50. The molecule has 0 bridgehead atoms. The standard InChI is InChI=1S/C8H11ClOS/c1-2-3-4-8-5-7(9)6-11(8)10/h5-6H,2-4H2,1H3. The van der Waals surface area contributed by atoms with Gasteiger partial charge in [0.1, 0.15) is 0 Å². The number of hydrogen-bond acceptors (Lipinski definition) is 1. The van der Waals surface area contributed by atoms with Gasteiger partial charge in [0.05, 0.1) is 15.8 Å². The lowest BCUT2D eigenvalue weighted by Crippen LogP contribution is -1.86. The van der Waals surface area contributed by atoms with E-state index in [-0.39, 0.29) is 0 Å². The van der Waals surface area contributed by atoms with Crippen LogP contribution in [-0.4, -0.2) is 4.21 Å². The molecule has 0 saturated carbocycles. The molecule has 0 aromatic heterocycles. The first-order valence-electron chi connectivity index (χ1n) is 3.72. The lowest BCUT2D eigenvalue weighted by atomic mass is 10.2. The molecule has 1 unspecified atom stereocenters. The van der Waals surface area contributed by atoms with Crippen LogP contribution in [0, 0.1) is 0 Å². The first-order valence-corrected chi connectivity index (χ1v) is 5.31. The number of halogens is 1. The van der Waals surface area contributed by atoms with E-state index >= 15 is 0 Å². The molecule has 0 N–H and O–H groups in total. The van der Waals surface area contributed by atoms with Crippen LogP contribution in [0.5, 0.6) is 0 Å². The van der Waals surface area contributed by atoms with Gasteiger partial charge in [0.2, 0.25) is 0 Å². The number of unbranched alkanes of at least 4 members (excludes halogenated alkanes) is 1. The molecule has 0 spiro atoms. The van der Waals surface area contributed by atoms with Gasteiger partial charge >= 0.3 is 0 Å². The highest BCUT2D eigenvalue weighted by Gasteiger charge is 2.11. The maximum absolute atomic E-state index is 11.2. The van der Waals surface area contributed by atoms with E-state index in [1.165, 1.54) is 0 Å². The molecule has 0 aromatic carbocycles. The molecule has 3 heteroatoms. The second-order valence-electron chi connectivity index (χ2n) is 2.51. The molecule has 1 rings (SSSR count). The van der Waals surface area contributed by atoms with Gasteiger partial charge in [-0.3, -0.25) is 0 Å². The summed E-state index contributed by atoms with van der Waals surface area (Å²) in [6.45, 7) is 2.12. The van der Waals surface area contributed by atoms with Crippen LogP contribution < -0.4 is 0 Å². The summed E-state index contributed by atoms with van der Waals surface area (Å²) in [5, 5.41) is 2.21. The van der Waals surface area contributed by atoms with E-state index in [0.29, 0.717) is 5.03 Å². The summed E-state index contributed by atoms with van der Waals surface area (Å²) < 4.78 is 11.2. The zero-order valence-electron chi connectivity index (χ0n) is 6.47. The summed E-state index contributed by atoms with van der Waals surface area (Å²) in [4.78, 5) is 0.969. The molecule has 11 heavy (non-hydrogen) atoms. The lowest BCUT2D eigenvalue weighted by Gasteiger charge is -1.96. The molecule has 0 amide bonds. The predicted octanol–water partition coefficient (Wildman–Crippen LogP) is 2.90. The maximum Gasteiger partial charge on any atom is 0.0750 e. The van der Waals surface area contributed by atoms with Crippen LogP contribution in [0.4, 0.5) is 0 Å². The van der Waals surface area contributed by atoms with E-state index in [2.05, 4.69) is 6.92 Å². The molecule has 0 fully saturated rings. The summed E-state index contributed by atoms with van der Waals surface area (Å²) >= 11 is 5.67. The van der Waals surface area contributed by atoms with Crippen LogP contribution in [0.15, 0.2) is 21.4 Å². The Morgan fingerprint density at radius 2 is 2.36 bits per heavy atom. The maximum atomic E-state index is 11.2. The van der Waals surface area contributed by atoms with Crippen molar-refractivity contribution in [3.05, 3.63) is 21.4 Å². The zero-order chi connectivity index (χ0) is 8.27. The van der Waals surface area contributed by atoms with Gasteiger partial charge < -0.3 is 0 Å². The molecular formula is C8H11ClOS. The molecule has 0 aliphatic carbocycles. The van der Waals surface area contributed by atoms with Crippen molar-refractivity contribution >= 4 is 22.4 Å². The van der Waals surface area contributed by atoms with E-state index in [9.17, 15) is 4.21 Å². The third-order valence-electron chi connectivity index (χ3n) is 1.55. The van der Waals surface area contributed by atoms with Gasteiger partial charge in [0.25, 0.3) is 0 Å². The van der Waals surface area contributed by atoms with E-state index in [1.807, 2.05) is 6.08 Å². The molecule has 1 atom stereocenters. The Bertz CT molecular complexity index is 230. The Morgan fingerprint density at radius 3 is 2.82 bits per heavy atom. The second kappa shape index (κ2) is 4.07. The average molecular weight is 191 g/mol. The van der Waals surface area contributed by atoms with Gasteiger partial charge in [-0.2, -0.15) is 0 Å². The molecule has 0 saturated heterocycles. The third kappa shape index (κ3) is 2.46. The number of hydrogen-bond donors (Lipinski definition) is 0. The van der Waals surface area contributed by atoms with Gasteiger partial charge in [-0.1, -0.05) is 24.9 Å². The second-order valence-corrected chi connectivity index (χ2v) is 4.31. The van der Waals surface area contributed by atoms with Crippen molar-refractivity contribution in [3.63, 3.8) is 0 Å². The van der Waals surface area contributed by atoms with E-state index in [4.69, 9.17) is 11.6 Å². The largest absolute Gasteiger partial charge is 0.250 e. The fraction of sp³-hybridized carbons (Fsp3) is 0.500. The fourth-order valence-corrected chi connectivity index (χ4v) is 2.40. The van der Waals surface area contributed by atoms with Crippen molar-refractivity contribution in [2.24, 2.45) is 0 Å². The zero-order valence-corrected chi connectivity index (χ0v) is 8.04. The summed E-state index contributed by atoms with van der Waals surface area (Å²) in [6, 6.07) is 0. The topological polar surface area (TPSA) is 17.1 Å². The minimum Gasteiger partial charge on any atom is -0.250 e. The molecule has 0 aromatic rings. The van der Waals surface area contributed by atoms with Crippen molar-refractivity contribution in [2.75, 3.05) is 0 Å². The molecule has 0 radical (unpaired) electrons. The highest BCUT2D eigenvalue weighted by atomic mass is 35.5. The van der Waals surface area contributed by atoms with Crippen LogP contribution in [-0.2, 0) is 10.8 Å². The van der Waals surface area contributed by atoms with Crippen molar-refractivity contribution in [1.29, 1.82) is 0 Å². The predicted molar refractivity (Wildman–Crippen MR) is 49.7 cm³/mol. The summed E-state index contributed by atoms with van der Waals surface area (Å²) in [5.74, 6) is 0. The Kier molecular flexibility index (Phi) is 3.34. The minimum atomic E-state index is -0.925. The smallest absolute Gasteiger partial charge is 0.0750 e. The fourth-order valence-electron chi connectivity index (χ4n) is 0.948. The number of rotatable bonds is 3. The first kappa shape index (κ1) is 9.01. The highest BCUT2D eigenvalue weighted by molar-refractivity contribution is 7.92. The SMILES string of the molecule is CCCCC1=CC(Cl)=CS1=O. The van der Waals surface area contributed by atoms with E-state index < -0.39 is 10.8 Å². The highest BCUT2D eigenvalue weighted by Crippen LogP contribution is 2.24. The van der Waals surface area contributed by atoms with Crippen molar-refractivity contribution < 1.29 is 4.21 Å². The molecular weight excluding hydrogens is 180 g/mol. The first-order chi connectivity index (χ1) is 5.24. The van der Waals surface area contributed by atoms with Crippen LogP contribution in [0.2, 0.25) is 0 Å².